The van der Waals surface area contributed by atoms with E-state index in [0.29, 0.717) is 10.7 Å². The Labute approximate surface area is 114 Å². The van der Waals surface area contributed by atoms with Gasteiger partial charge >= 0.3 is 0 Å². The summed E-state index contributed by atoms with van der Waals surface area (Å²) in [5.41, 5.74) is 2.32. The van der Waals surface area contributed by atoms with E-state index in [4.69, 9.17) is 16.8 Å². The zero-order valence-corrected chi connectivity index (χ0v) is 11.5. The van der Waals surface area contributed by atoms with Crippen LogP contribution >= 0.6 is 22.9 Å². The molecule has 0 atom stereocenters. The van der Waals surface area contributed by atoms with Gasteiger partial charge in [0.05, 0.1) is 16.3 Å². The Hall–Kier alpha value is -1.59. The second kappa shape index (κ2) is 5.37. The number of anilines is 2. The Morgan fingerprint density at radius 1 is 1.39 bits per heavy atom. The summed E-state index contributed by atoms with van der Waals surface area (Å²) in [4.78, 5) is 5.25. The van der Waals surface area contributed by atoms with Gasteiger partial charge in [0, 0.05) is 10.7 Å². The van der Waals surface area contributed by atoms with E-state index >= 15 is 0 Å². The fourth-order valence-electron chi connectivity index (χ4n) is 1.49. The van der Waals surface area contributed by atoms with E-state index in [1.54, 1.807) is 6.92 Å². The summed E-state index contributed by atoms with van der Waals surface area (Å²) < 4.78 is 0. The molecule has 0 saturated carbocycles. The van der Waals surface area contributed by atoms with Crippen LogP contribution in [0.3, 0.4) is 0 Å². The molecule has 2 N–H and O–H groups in total. The third-order valence-electron chi connectivity index (χ3n) is 2.37. The van der Waals surface area contributed by atoms with E-state index in [1.807, 2.05) is 31.2 Å². The summed E-state index contributed by atoms with van der Waals surface area (Å²) in [5.74, 6) is 0. The van der Waals surface area contributed by atoms with Crippen LogP contribution in [0.5, 0.6) is 0 Å². The monoisotopic (exact) mass is 281 g/mol. The number of benzene rings is 1. The van der Waals surface area contributed by atoms with Crippen LogP contribution in [-0.2, 0) is 0 Å². The van der Waals surface area contributed by atoms with Crippen molar-refractivity contribution in [2.24, 2.45) is 5.16 Å². The van der Waals surface area contributed by atoms with Gasteiger partial charge in [-0.1, -0.05) is 28.1 Å². The summed E-state index contributed by atoms with van der Waals surface area (Å²) in [5, 5.41) is 16.6. The first-order valence-electron chi connectivity index (χ1n) is 5.29. The Morgan fingerprint density at radius 2 is 2.06 bits per heavy atom. The quantitative estimate of drug-likeness (QED) is 0.507. The fraction of sp³-hybridized carbons (Fsp3) is 0.167. The van der Waals surface area contributed by atoms with Gasteiger partial charge in [0.25, 0.3) is 0 Å². The normalized spacial score (nSPS) is 11.6. The molecular weight excluding hydrogens is 270 g/mol. The molecule has 1 aromatic heterocycles. The maximum atomic E-state index is 8.77. The van der Waals surface area contributed by atoms with Crippen molar-refractivity contribution >= 4 is 39.5 Å². The van der Waals surface area contributed by atoms with Crippen molar-refractivity contribution in [2.75, 3.05) is 5.32 Å². The van der Waals surface area contributed by atoms with Crippen LogP contribution in [0.2, 0.25) is 5.02 Å². The molecule has 0 radical (unpaired) electrons. The lowest BCUT2D eigenvalue weighted by Gasteiger charge is -2.01. The molecule has 4 nitrogen and oxygen atoms in total. The lowest BCUT2D eigenvalue weighted by molar-refractivity contribution is 0.319. The van der Waals surface area contributed by atoms with E-state index in [1.165, 1.54) is 11.3 Å². The molecule has 0 aliphatic heterocycles. The Morgan fingerprint density at radius 3 is 2.67 bits per heavy atom. The third-order valence-corrected chi connectivity index (χ3v) is 3.80. The molecule has 0 aliphatic carbocycles. The summed E-state index contributed by atoms with van der Waals surface area (Å²) in [6.45, 7) is 3.63. The summed E-state index contributed by atoms with van der Waals surface area (Å²) in [7, 11) is 0. The number of nitrogens with zero attached hydrogens (tertiary/aromatic N) is 2. The Balaban J connectivity index is 2.23. The van der Waals surface area contributed by atoms with Crippen molar-refractivity contribution in [3.8, 4) is 0 Å². The summed E-state index contributed by atoms with van der Waals surface area (Å²) >= 11 is 7.27. The molecule has 0 saturated heterocycles. The molecule has 0 fully saturated rings. The topological polar surface area (TPSA) is 57.5 Å². The molecule has 0 aliphatic rings. The van der Waals surface area contributed by atoms with E-state index in [2.05, 4.69) is 15.5 Å². The van der Waals surface area contributed by atoms with Crippen molar-refractivity contribution in [2.45, 2.75) is 13.8 Å². The predicted octanol–water partition coefficient (Wildman–Crippen LogP) is 4.05. The van der Waals surface area contributed by atoms with E-state index in [-0.39, 0.29) is 0 Å². The van der Waals surface area contributed by atoms with Gasteiger partial charge in [0.2, 0.25) is 0 Å². The van der Waals surface area contributed by atoms with Crippen LogP contribution in [0, 0.1) is 6.92 Å². The highest BCUT2D eigenvalue weighted by Crippen LogP contribution is 2.26. The van der Waals surface area contributed by atoms with Gasteiger partial charge in [-0.05, 0) is 38.1 Å². The Kier molecular flexibility index (Phi) is 3.84. The minimum atomic E-state index is 0.564. The van der Waals surface area contributed by atoms with Crippen LogP contribution in [0.1, 0.15) is 17.5 Å². The number of nitrogens with one attached hydrogen (secondary N) is 1. The zero-order chi connectivity index (χ0) is 13.1. The highest BCUT2D eigenvalue weighted by atomic mass is 35.5. The summed E-state index contributed by atoms with van der Waals surface area (Å²) in [6.07, 6.45) is 0. The maximum Gasteiger partial charge on any atom is 0.188 e. The number of aromatic nitrogens is 1. The average Bonchev–Trinajstić information content (AvgIpc) is 2.72. The first kappa shape index (κ1) is 12.9. The number of halogens is 1. The largest absolute Gasteiger partial charge is 0.411 e. The number of hydrogen-bond donors (Lipinski definition) is 2. The highest BCUT2D eigenvalue weighted by Gasteiger charge is 2.10. The third kappa shape index (κ3) is 2.80. The standard InChI is InChI=1S/C12H12ClN3OS/c1-7-11(8(2)16-17)18-12(14-7)15-10-5-3-9(13)4-6-10/h3-6,17H,1-2H3,(H,14,15). The first-order valence-corrected chi connectivity index (χ1v) is 6.48. The van der Waals surface area contributed by atoms with Crippen molar-refractivity contribution < 1.29 is 5.21 Å². The van der Waals surface area contributed by atoms with Gasteiger partial charge in [-0.2, -0.15) is 0 Å². The lowest BCUT2D eigenvalue weighted by atomic mass is 10.3. The van der Waals surface area contributed by atoms with Crippen LogP contribution in [0.25, 0.3) is 0 Å². The molecule has 94 valence electrons. The molecule has 0 amide bonds. The highest BCUT2D eigenvalue weighted by molar-refractivity contribution is 7.17. The molecule has 2 rings (SSSR count). The van der Waals surface area contributed by atoms with Crippen LogP contribution in [0.4, 0.5) is 10.8 Å². The zero-order valence-electron chi connectivity index (χ0n) is 9.94. The van der Waals surface area contributed by atoms with E-state index < -0.39 is 0 Å². The molecule has 6 heteroatoms. The van der Waals surface area contributed by atoms with Crippen LogP contribution < -0.4 is 5.32 Å². The average molecular weight is 282 g/mol. The van der Waals surface area contributed by atoms with E-state index in [9.17, 15) is 0 Å². The SMILES string of the molecule is CC(=NO)c1sc(Nc2ccc(Cl)cc2)nc1C. The number of rotatable bonds is 3. The molecule has 0 spiro atoms. The van der Waals surface area contributed by atoms with Crippen molar-refractivity contribution in [3.05, 3.63) is 39.9 Å². The second-order valence-electron chi connectivity index (χ2n) is 3.75. The molecule has 18 heavy (non-hydrogen) atoms. The molecule has 0 unspecified atom stereocenters. The van der Waals surface area contributed by atoms with Crippen molar-refractivity contribution in [3.63, 3.8) is 0 Å². The lowest BCUT2D eigenvalue weighted by Crippen LogP contribution is -1.92. The van der Waals surface area contributed by atoms with Gasteiger partial charge in [0.1, 0.15) is 0 Å². The van der Waals surface area contributed by atoms with Crippen molar-refractivity contribution in [1.29, 1.82) is 0 Å². The fourth-order valence-corrected chi connectivity index (χ4v) is 2.54. The minimum Gasteiger partial charge on any atom is -0.411 e. The van der Waals surface area contributed by atoms with E-state index in [0.717, 1.165) is 21.4 Å². The maximum absolute atomic E-state index is 8.77. The number of hydrogen-bond acceptors (Lipinski definition) is 5. The van der Waals surface area contributed by atoms with Crippen LogP contribution in [0.15, 0.2) is 29.4 Å². The molecule has 1 aromatic carbocycles. The van der Waals surface area contributed by atoms with Gasteiger partial charge in [0.15, 0.2) is 5.13 Å². The van der Waals surface area contributed by atoms with Crippen molar-refractivity contribution in [1.82, 2.24) is 4.98 Å². The number of thiazole rings is 1. The second-order valence-corrected chi connectivity index (χ2v) is 5.19. The molecule has 0 bridgehead atoms. The number of oxime groups is 1. The first-order chi connectivity index (χ1) is 8.60. The molecule has 2 aromatic rings. The smallest absolute Gasteiger partial charge is 0.188 e. The molecule has 1 heterocycles. The van der Waals surface area contributed by atoms with Gasteiger partial charge in [-0.15, -0.1) is 0 Å². The minimum absolute atomic E-state index is 0.564. The van der Waals surface area contributed by atoms with Gasteiger partial charge < -0.3 is 10.5 Å². The molecular formula is C12H12ClN3OS. The van der Waals surface area contributed by atoms with Crippen LogP contribution in [-0.4, -0.2) is 15.9 Å². The predicted molar refractivity (Wildman–Crippen MR) is 75.6 cm³/mol. The van der Waals surface area contributed by atoms with Gasteiger partial charge in [-0.3, -0.25) is 0 Å². The van der Waals surface area contributed by atoms with Gasteiger partial charge in [-0.25, -0.2) is 4.98 Å². The summed E-state index contributed by atoms with van der Waals surface area (Å²) in [6, 6.07) is 7.38. The Bertz CT molecular complexity index is 578. The number of aryl methyl sites for hydroxylation is 1.